The van der Waals surface area contributed by atoms with Crippen molar-refractivity contribution in [3.63, 3.8) is 0 Å². The number of carbonyl (C=O) groups excluding carboxylic acids is 2. The third-order valence-electron chi connectivity index (χ3n) is 4.49. The third kappa shape index (κ3) is 5.02. The van der Waals surface area contributed by atoms with Gasteiger partial charge in [0.2, 0.25) is 0 Å². The largest absolute Gasteiger partial charge is 0.488 e. The molecule has 0 atom stereocenters. The highest BCUT2D eigenvalue weighted by Crippen LogP contribution is 2.33. The van der Waals surface area contributed by atoms with Crippen LogP contribution in [0.4, 0.5) is 0 Å². The summed E-state index contributed by atoms with van der Waals surface area (Å²) in [6.45, 7) is 0.416. The number of hydrogen-bond donors (Lipinski definition) is 1. The van der Waals surface area contributed by atoms with Crippen LogP contribution in [-0.2, 0) is 11.4 Å². The fraction of sp³-hybridized carbons (Fsp3) is 0.0417. The van der Waals surface area contributed by atoms with Crippen LogP contribution in [0.1, 0.15) is 21.5 Å². The molecule has 4 rings (SSSR count). The van der Waals surface area contributed by atoms with E-state index in [1.165, 1.54) is 0 Å². The van der Waals surface area contributed by atoms with E-state index >= 15 is 0 Å². The van der Waals surface area contributed by atoms with Crippen LogP contribution in [0.2, 0.25) is 0 Å². The highest BCUT2D eigenvalue weighted by Gasteiger charge is 2.34. The zero-order valence-electron chi connectivity index (χ0n) is 16.4. The molecule has 3 aromatic carbocycles. The van der Waals surface area contributed by atoms with Gasteiger partial charge >= 0.3 is 0 Å². The molecule has 1 aliphatic heterocycles. The van der Waals surface area contributed by atoms with Crippen molar-refractivity contribution in [1.82, 2.24) is 10.4 Å². The van der Waals surface area contributed by atoms with E-state index in [1.54, 1.807) is 30.3 Å². The zero-order chi connectivity index (χ0) is 21.6. The summed E-state index contributed by atoms with van der Waals surface area (Å²) < 4.78 is 6.23. The molecule has 0 bridgehead atoms. The highest BCUT2D eigenvalue weighted by molar-refractivity contribution is 8.26. The number of ether oxygens (including phenoxy) is 1. The van der Waals surface area contributed by atoms with Crippen molar-refractivity contribution in [3.05, 3.63) is 107 Å². The van der Waals surface area contributed by atoms with Crippen LogP contribution in [0.25, 0.3) is 6.08 Å². The number of hydrogen-bond acceptors (Lipinski definition) is 5. The Morgan fingerprint density at radius 2 is 1.61 bits per heavy atom. The van der Waals surface area contributed by atoms with E-state index in [-0.39, 0.29) is 10.2 Å². The first kappa shape index (κ1) is 20.8. The number of nitrogens with one attached hydrogen (secondary N) is 1. The second-order valence-corrected chi connectivity index (χ2v) is 8.31. The Balaban J connectivity index is 1.50. The summed E-state index contributed by atoms with van der Waals surface area (Å²) in [6, 6.07) is 26.0. The first-order valence-electron chi connectivity index (χ1n) is 9.51. The van der Waals surface area contributed by atoms with E-state index in [4.69, 9.17) is 17.0 Å². The van der Waals surface area contributed by atoms with Crippen LogP contribution in [0.5, 0.6) is 5.75 Å². The minimum Gasteiger partial charge on any atom is -0.488 e. The minimum absolute atomic E-state index is 0.267. The van der Waals surface area contributed by atoms with Crippen LogP contribution in [0.3, 0.4) is 0 Å². The molecule has 7 heteroatoms. The van der Waals surface area contributed by atoms with Gasteiger partial charge in [0.05, 0.1) is 4.91 Å². The van der Waals surface area contributed by atoms with Gasteiger partial charge in [0.1, 0.15) is 12.4 Å². The van der Waals surface area contributed by atoms with E-state index in [0.717, 1.165) is 27.9 Å². The van der Waals surface area contributed by atoms with Crippen LogP contribution in [0, 0.1) is 0 Å². The monoisotopic (exact) mass is 446 g/mol. The maximum absolute atomic E-state index is 12.9. The van der Waals surface area contributed by atoms with Gasteiger partial charge in [-0.05, 0) is 42.1 Å². The van der Waals surface area contributed by atoms with Gasteiger partial charge in [-0.25, -0.2) is 0 Å². The molecule has 0 saturated carbocycles. The van der Waals surface area contributed by atoms with Gasteiger partial charge in [0.15, 0.2) is 4.32 Å². The Labute approximate surface area is 189 Å². The maximum Gasteiger partial charge on any atom is 0.285 e. The minimum atomic E-state index is -0.398. The molecule has 1 fully saturated rings. The topological polar surface area (TPSA) is 58.6 Å². The van der Waals surface area contributed by atoms with Crippen molar-refractivity contribution < 1.29 is 14.3 Å². The van der Waals surface area contributed by atoms with Crippen LogP contribution < -0.4 is 10.2 Å². The molecule has 3 aromatic rings. The number of benzene rings is 3. The average Bonchev–Trinajstić information content (AvgIpc) is 3.07. The van der Waals surface area contributed by atoms with Crippen molar-refractivity contribution in [2.45, 2.75) is 6.61 Å². The Morgan fingerprint density at radius 1 is 0.968 bits per heavy atom. The Hall–Kier alpha value is -3.42. The number of nitrogens with zero attached hydrogens (tertiary/aromatic N) is 1. The SMILES string of the molecule is O=C(NN1C(=O)/C(=C/c2ccccc2OCc2ccccc2)SC1=S)c1ccccc1. The van der Waals surface area contributed by atoms with E-state index in [1.807, 2.05) is 60.7 Å². The van der Waals surface area contributed by atoms with Gasteiger partial charge in [-0.3, -0.25) is 15.0 Å². The Kier molecular flexibility index (Phi) is 6.45. The van der Waals surface area contributed by atoms with Gasteiger partial charge in [0, 0.05) is 11.1 Å². The molecule has 2 amide bonds. The van der Waals surface area contributed by atoms with Gasteiger partial charge in [-0.1, -0.05) is 78.5 Å². The van der Waals surface area contributed by atoms with Crippen molar-refractivity contribution in [2.75, 3.05) is 0 Å². The van der Waals surface area contributed by atoms with Crippen molar-refractivity contribution >= 4 is 46.2 Å². The lowest BCUT2D eigenvalue weighted by Crippen LogP contribution is -2.44. The molecular formula is C24H18N2O3S2. The van der Waals surface area contributed by atoms with E-state index in [2.05, 4.69) is 5.43 Å². The third-order valence-corrected chi connectivity index (χ3v) is 5.79. The lowest BCUT2D eigenvalue weighted by molar-refractivity contribution is -0.123. The molecular weight excluding hydrogens is 428 g/mol. The second kappa shape index (κ2) is 9.59. The zero-order valence-corrected chi connectivity index (χ0v) is 18.0. The molecule has 1 N–H and O–H groups in total. The number of carbonyl (C=O) groups is 2. The summed E-state index contributed by atoms with van der Waals surface area (Å²) >= 11 is 6.44. The fourth-order valence-electron chi connectivity index (χ4n) is 2.93. The standard InChI is InChI=1S/C24H18N2O3S2/c27-22(18-11-5-2-6-12-18)25-26-23(28)21(31-24(26)30)15-19-13-7-8-14-20(19)29-16-17-9-3-1-4-10-17/h1-15H,16H2,(H,25,27)/b21-15-. The van der Waals surface area contributed by atoms with Gasteiger partial charge in [0.25, 0.3) is 11.8 Å². The molecule has 0 spiro atoms. The number of amides is 2. The van der Waals surface area contributed by atoms with E-state index in [0.29, 0.717) is 22.8 Å². The first-order chi connectivity index (χ1) is 15.1. The van der Waals surface area contributed by atoms with Crippen molar-refractivity contribution in [3.8, 4) is 5.75 Å². The molecule has 1 aliphatic rings. The van der Waals surface area contributed by atoms with Crippen molar-refractivity contribution in [2.24, 2.45) is 0 Å². The number of rotatable bonds is 6. The number of thioether (sulfide) groups is 1. The quantitative estimate of drug-likeness (QED) is 0.435. The molecule has 0 aliphatic carbocycles. The molecule has 0 aromatic heterocycles. The summed E-state index contributed by atoms with van der Waals surface area (Å²) in [6.07, 6.45) is 1.73. The predicted octanol–water partition coefficient (Wildman–Crippen LogP) is 4.81. The molecule has 0 radical (unpaired) electrons. The summed E-state index contributed by atoms with van der Waals surface area (Å²) in [5.41, 5.74) is 4.83. The second-order valence-electron chi connectivity index (χ2n) is 6.64. The Bertz CT molecular complexity index is 1150. The number of para-hydroxylation sites is 1. The predicted molar refractivity (Wildman–Crippen MR) is 126 cm³/mol. The van der Waals surface area contributed by atoms with Gasteiger partial charge in [-0.2, -0.15) is 5.01 Å². The molecule has 1 saturated heterocycles. The smallest absolute Gasteiger partial charge is 0.285 e. The lowest BCUT2D eigenvalue weighted by atomic mass is 10.2. The summed E-state index contributed by atoms with van der Waals surface area (Å²) in [5, 5.41) is 1.11. The molecule has 154 valence electrons. The van der Waals surface area contributed by atoms with Crippen LogP contribution in [0.15, 0.2) is 89.8 Å². The van der Waals surface area contributed by atoms with Crippen molar-refractivity contribution in [1.29, 1.82) is 0 Å². The van der Waals surface area contributed by atoms with Gasteiger partial charge < -0.3 is 4.74 Å². The molecule has 31 heavy (non-hydrogen) atoms. The lowest BCUT2D eigenvalue weighted by Gasteiger charge is -2.15. The first-order valence-corrected chi connectivity index (χ1v) is 10.7. The molecule has 1 heterocycles. The van der Waals surface area contributed by atoms with Gasteiger partial charge in [-0.15, -0.1) is 0 Å². The van der Waals surface area contributed by atoms with Crippen LogP contribution in [-0.4, -0.2) is 21.1 Å². The maximum atomic E-state index is 12.9. The highest BCUT2D eigenvalue weighted by atomic mass is 32.2. The fourth-order valence-corrected chi connectivity index (χ4v) is 4.10. The van der Waals surface area contributed by atoms with E-state index < -0.39 is 5.91 Å². The normalized spacial score (nSPS) is 14.7. The summed E-state index contributed by atoms with van der Waals surface area (Å²) in [7, 11) is 0. The molecule has 0 unspecified atom stereocenters. The number of thiocarbonyl (C=S) groups is 1. The molecule has 5 nitrogen and oxygen atoms in total. The van der Waals surface area contributed by atoms with E-state index in [9.17, 15) is 9.59 Å². The average molecular weight is 447 g/mol. The Morgan fingerprint density at radius 3 is 2.35 bits per heavy atom. The summed E-state index contributed by atoms with van der Waals surface area (Å²) in [5.74, 6) is -0.119. The van der Waals surface area contributed by atoms with Crippen LogP contribution >= 0.6 is 24.0 Å². The number of hydrazine groups is 1. The summed E-state index contributed by atoms with van der Waals surface area (Å²) in [4.78, 5) is 25.7.